The predicted octanol–water partition coefficient (Wildman–Crippen LogP) is 3.86. The van der Waals surface area contributed by atoms with Gasteiger partial charge in [0.05, 0.1) is 7.11 Å². The summed E-state index contributed by atoms with van der Waals surface area (Å²) in [6.45, 7) is 2.04. The molecule has 90 valence electrons. The third-order valence-electron chi connectivity index (χ3n) is 2.90. The van der Waals surface area contributed by atoms with Gasteiger partial charge >= 0.3 is 0 Å². The summed E-state index contributed by atoms with van der Waals surface area (Å²) >= 11 is 0. The molecule has 18 heavy (non-hydrogen) atoms. The van der Waals surface area contributed by atoms with Crippen LogP contribution in [-0.2, 0) is 0 Å². The van der Waals surface area contributed by atoms with Gasteiger partial charge in [-0.3, -0.25) is 4.99 Å². The van der Waals surface area contributed by atoms with Crippen molar-refractivity contribution in [3.8, 4) is 17.2 Å². The molecular weight excluding hydrogens is 226 g/mol. The minimum atomic E-state index is 0.765. The molecule has 0 bridgehead atoms. The predicted molar refractivity (Wildman–Crippen MR) is 71.5 cm³/mol. The highest BCUT2D eigenvalue weighted by atomic mass is 16.5. The average Bonchev–Trinajstić information content (AvgIpc) is 2.56. The number of benzene rings is 2. The molecule has 0 atom stereocenters. The molecule has 0 spiro atoms. The lowest BCUT2D eigenvalue weighted by molar-refractivity contribution is 0.409. The van der Waals surface area contributed by atoms with Crippen molar-refractivity contribution in [1.82, 2.24) is 0 Å². The van der Waals surface area contributed by atoms with Crippen molar-refractivity contribution in [1.29, 1.82) is 0 Å². The van der Waals surface area contributed by atoms with E-state index in [9.17, 15) is 0 Å². The Morgan fingerprint density at radius 1 is 1.06 bits per heavy atom. The van der Waals surface area contributed by atoms with E-state index < -0.39 is 0 Å². The third kappa shape index (κ3) is 1.84. The minimum Gasteiger partial charge on any atom is -0.497 e. The van der Waals surface area contributed by atoms with Gasteiger partial charge in [-0.15, -0.1) is 0 Å². The molecule has 1 aliphatic rings. The summed E-state index contributed by atoms with van der Waals surface area (Å²) in [5.74, 6) is 2.31. The summed E-state index contributed by atoms with van der Waals surface area (Å²) in [4.78, 5) is 4.45. The van der Waals surface area contributed by atoms with Crippen LogP contribution < -0.4 is 9.47 Å². The van der Waals surface area contributed by atoms with Gasteiger partial charge in [-0.1, -0.05) is 6.07 Å². The summed E-state index contributed by atoms with van der Waals surface area (Å²) in [5, 5.41) is 0. The van der Waals surface area contributed by atoms with E-state index in [1.807, 2.05) is 49.5 Å². The quantitative estimate of drug-likeness (QED) is 0.645. The monoisotopic (exact) mass is 239 g/mol. The second-order valence-electron chi connectivity index (χ2n) is 4.24. The van der Waals surface area contributed by atoms with Gasteiger partial charge in [-0.05, 0) is 36.8 Å². The highest BCUT2D eigenvalue weighted by Crippen LogP contribution is 2.37. The van der Waals surface area contributed by atoms with Crippen LogP contribution in [0.2, 0.25) is 0 Å². The highest BCUT2D eigenvalue weighted by molar-refractivity contribution is 5.88. The van der Waals surface area contributed by atoms with E-state index in [-0.39, 0.29) is 0 Å². The number of fused-ring (bicyclic) bond motifs is 2. The van der Waals surface area contributed by atoms with Crippen LogP contribution in [0.25, 0.3) is 0 Å². The van der Waals surface area contributed by atoms with Gasteiger partial charge in [0, 0.05) is 17.8 Å². The fraction of sp³-hybridized carbons (Fsp3) is 0.133. The molecular formula is C15H13NO2. The van der Waals surface area contributed by atoms with Gasteiger partial charge in [0.25, 0.3) is 0 Å². The normalized spacial score (nSPS) is 12.1. The molecule has 2 aromatic rings. The molecule has 0 saturated carbocycles. The van der Waals surface area contributed by atoms with Gasteiger partial charge in [-0.2, -0.15) is 0 Å². The molecule has 3 rings (SSSR count). The summed E-state index contributed by atoms with van der Waals surface area (Å²) in [7, 11) is 1.64. The fourth-order valence-corrected chi connectivity index (χ4v) is 1.91. The number of methoxy groups -OCH3 is 1. The average molecular weight is 239 g/mol. The van der Waals surface area contributed by atoms with Crippen LogP contribution in [-0.4, -0.2) is 13.3 Å². The first kappa shape index (κ1) is 10.8. The molecule has 0 aromatic heterocycles. The number of aryl methyl sites for hydroxylation is 1. The van der Waals surface area contributed by atoms with Crippen LogP contribution >= 0.6 is 0 Å². The molecule has 0 fully saturated rings. The molecule has 0 saturated heterocycles. The largest absolute Gasteiger partial charge is 0.497 e. The Kier molecular flexibility index (Phi) is 2.52. The number of ether oxygens (including phenoxy) is 2. The van der Waals surface area contributed by atoms with Gasteiger partial charge in [0.1, 0.15) is 17.2 Å². The Labute approximate surface area is 106 Å². The Morgan fingerprint density at radius 2 is 1.94 bits per heavy atom. The van der Waals surface area contributed by atoms with Crippen LogP contribution in [0.15, 0.2) is 41.4 Å². The Hall–Kier alpha value is -2.29. The second-order valence-corrected chi connectivity index (χ2v) is 4.24. The number of aliphatic imine (C=N–C) groups is 1. The number of hydrogen-bond donors (Lipinski definition) is 0. The van der Waals surface area contributed by atoms with Crippen LogP contribution in [0, 0.1) is 6.92 Å². The summed E-state index contributed by atoms with van der Waals surface area (Å²) in [6.07, 6.45) is 1.82. The summed E-state index contributed by atoms with van der Waals surface area (Å²) in [5.41, 5.74) is 2.97. The van der Waals surface area contributed by atoms with Crippen LogP contribution in [0.3, 0.4) is 0 Å². The molecule has 0 radical (unpaired) electrons. The SMILES string of the molecule is COc1ccc2c(c1)Oc1ccc(C)cc1N=C2. The maximum absolute atomic E-state index is 5.89. The maximum Gasteiger partial charge on any atom is 0.153 e. The smallest absolute Gasteiger partial charge is 0.153 e. The van der Waals surface area contributed by atoms with E-state index in [0.29, 0.717) is 0 Å². The van der Waals surface area contributed by atoms with Gasteiger partial charge in [0.15, 0.2) is 5.75 Å². The maximum atomic E-state index is 5.89. The Morgan fingerprint density at radius 3 is 2.78 bits per heavy atom. The minimum absolute atomic E-state index is 0.765. The molecule has 0 N–H and O–H groups in total. The van der Waals surface area contributed by atoms with Crippen molar-refractivity contribution >= 4 is 11.9 Å². The molecule has 2 aromatic carbocycles. The lowest BCUT2D eigenvalue weighted by Crippen LogP contribution is -1.90. The molecule has 1 heterocycles. The van der Waals surface area contributed by atoms with Crippen molar-refractivity contribution in [2.24, 2.45) is 4.99 Å². The zero-order valence-electron chi connectivity index (χ0n) is 10.3. The summed E-state index contributed by atoms with van der Waals surface area (Å²) < 4.78 is 11.1. The van der Waals surface area contributed by atoms with Crippen molar-refractivity contribution < 1.29 is 9.47 Å². The van der Waals surface area contributed by atoms with E-state index >= 15 is 0 Å². The van der Waals surface area contributed by atoms with E-state index in [0.717, 1.165) is 34.1 Å². The van der Waals surface area contributed by atoms with E-state index in [1.54, 1.807) is 7.11 Å². The zero-order chi connectivity index (χ0) is 12.5. The third-order valence-corrected chi connectivity index (χ3v) is 2.90. The Balaban J connectivity index is 2.11. The van der Waals surface area contributed by atoms with Gasteiger partial charge in [0.2, 0.25) is 0 Å². The van der Waals surface area contributed by atoms with Crippen LogP contribution in [0.4, 0.5) is 5.69 Å². The Bertz CT molecular complexity index is 632. The first-order valence-electron chi connectivity index (χ1n) is 5.77. The lowest BCUT2D eigenvalue weighted by atomic mass is 10.2. The number of nitrogens with zero attached hydrogens (tertiary/aromatic N) is 1. The fourth-order valence-electron chi connectivity index (χ4n) is 1.91. The number of hydrogen-bond acceptors (Lipinski definition) is 3. The molecule has 0 unspecified atom stereocenters. The number of rotatable bonds is 1. The van der Waals surface area contributed by atoms with E-state index in [2.05, 4.69) is 4.99 Å². The highest BCUT2D eigenvalue weighted by Gasteiger charge is 2.12. The molecule has 0 aliphatic carbocycles. The van der Waals surface area contributed by atoms with Crippen molar-refractivity contribution in [2.45, 2.75) is 6.92 Å². The van der Waals surface area contributed by atoms with Crippen molar-refractivity contribution in [3.63, 3.8) is 0 Å². The molecule has 1 aliphatic heterocycles. The standard InChI is InChI=1S/C15H13NO2/c1-10-3-6-14-13(7-10)16-9-11-4-5-12(17-2)8-15(11)18-14/h3-9H,1-2H3. The zero-order valence-corrected chi connectivity index (χ0v) is 10.3. The van der Waals surface area contributed by atoms with Gasteiger partial charge < -0.3 is 9.47 Å². The molecule has 3 nitrogen and oxygen atoms in total. The topological polar surface area (TPSA) is 30.8 Å². The molecule has 3 heteroatoms. The lowest BCUT2D eigenvalue weighted by Gasteiger charge is -2.09. The van der Waals surface area contributed by atoms with Crippen molar-refractivity contribution in [3.05, 3.63) is 47.5 Å². The van der Waals surface area contributed by atoms with Crippen molar-refractivity contribution in [2.75, 3.05) is 7.11 Å². The molecule has 0 amide bonds. The summed E-state index contributed by atoms with van der Waals surface area (Å²) in [6, 6.07) is 11.7. The van der Waals surface area contributed by atoms with E-state index in [4.69, 9.17) is 9.47 Å². The first-order chi connectivity index (χ1) is 8.76. The van der Waals surface area contributed by atoms with E-state index in [1.165, 1.54) is 0 Å². The van der Waals surface area contributed by atoms with Crippen LogP contribution in [0.1, 0.15) is 11.1 Å². The second kappa shape index (κ2) is 4.18. The van der Waals surface area contributed by atoms with Crippen LogP contribution in [0.5, 0.6) is 17.2 Å². The van der Waals surface area contributed by atoms with Gasteiger partial charge in [-0.25, -0.2) is 0 Å². The first-order valence-corrected chi connectivity index (χ1v) is 5.77.